The minimum atomic E-state index is 0.0998. The highest BCUT2D eigenvalue weighted by Crippen LogP contribution is 2.23. The van der Waals surface area contributed by atoms with Gasteiger partial charge in [0.2, 0.25) is 0 Å². The Morgan fingerprint density at radius 3 is 1.82 bits per heavy atom. The molecule has 1 aliphatic heterocycles. The predicted octanol–water partition coefficient (Wildman–Crippen LogP) is 4.58. The highest BCUT2D eigenvalue weighted by Gasteiger charge is 2.24. The summed E-state index contributed by atoms with van der Waals surface area (Å²) in [6.45, 7) is 3.16. The largest absolute Gasteiger partial charge is 0.368 e. The first-order chi connectivity index (χ1) is 13.8. The Hall–Kier alpha value is -3.33. The van der Waals surface area contributed by atoms with Crippen LogP contribution in [0.25, 0.3) is 11.6 Å². The summed E-state index contributed by atoms with van der Waals surface area (Å²) in [7, 11) is 0. The zero-order chi connectivity index (χ0) is 19.2. The summed E-state index contributed by atoms with van der Waals surface area (Å²) in [5.41, 5.74) is 3.97. The van der Waals surface area contributed by atoms with E-state index < -0.39 is 0 Å². The van der Waals surface area contributed by atoms with Crippen LogP contribution in [0.4, 0.5) is 5.69 Å². The third kappa shape index (κ3) is 4.15. The Labute approximate surface area is 166 Å². The summed E-state index contributed by atoms with van der Waals surface area (Å²) >= 11 is 0. The van der Waals surface area contributed by atoms with Gasteiger partial charge in [-0.15, -0.1) is 0 Å². The molecule has 0 atom stereocenters. The Morgan fingerprint density at radius 1 is 0.679 bits per heavy atom. The number of anilines is 1. The molecule has 4 rings (SSSR count). The molecule has 0 unspecified atom stereocenters. The van der Waals surface area contributed by atoms with Crippen LogP contribution < -0.4 is 4.90 Å². The quantitative estimate of drug-likeness (QED) is 0.497. The molecule has 0 radical (unpaired) electrons. The third-order valence-corrected chi connectivity index (χ3v) is 5.11. The van der Waals surface area contributed by atoms with Gasteiger partial charge in [0, 0.05) is 37.4 Å². The summed E-state index contributed by atoms with van der Waals surface area (Å²) in [6, 6.07) is 30.4. The Morgan fingerprint density at radius 2 is 1.21 bits per heavy atom. The molecule has 0 spiro atoms. The molecule has 3 heteroatoms. The van der Waals surface area contributed by atoms with E-state index in [0.29, 0.717) is 0 Å². The van der Waals surface area contributed by atoms with Crippen molar-refractivity contribution >= 4 is 23.2 Å². The lowest BCUT2D eigenvalue weighted by molar-refractivity contribution is -0.125. The van der Waals surface area contributed by atoms with Crippen LogP contribution in [-0.4, -0.2) is 37.0 Å². The van der Waals surface area contributed by atoms with Crippen LogP contribution in [0, 0.1) is 0 Å². The molecule has 28 heavy (non-hydrogen) atoms. The molecule has 3 aromatic rings. The summed E-state index contributed by atoms with van der Waals surface area (Å²) in [5, 5.41) is 0. The van der Waals surface area contributed by atoms with Gasteiger partial charge in [-0.1, -0.05) is 78.9 Å². The lowest BCUT2D eigenvalue weighted by atomic mass is 10.0. The molecule has 1 fully saturated rings. The van der Waals surface area contributed by atoms with E-state index in [0.717, 1.165) is 42.9 Å². The number of nitrogens with zero attached hydrogens (tertiary/aromatic N) is 2. The highest BCUT2D eigenvalue weighted by molar-refractivity contribution is 6.24. The highest BCUT2D eigenvalue weighted by atomic mass is 16.2. The topological polar surface area (TPSA) is 23.6 Å². The number of amides is 1. The Balaban J connectivity index is 1.54. The maximum absolute atomic E-state index is 13.4. The van der Waals surface area contributed by atoms with Gasteiger partial charge in [0.25, 0.3) is 5.91 Å². The zero-order valence-electron chi connectivity index (χ0n) is 15.9. The van der Waals surface area contributed by atoms with Crippen molar-refractivity contribution in [3.8, 4) is 0 Å². The molecule has 0 saturated carbocycles. The summed E-state index contributed by atoms with van der Waals surface area (Å²) in [4.78, 5) is 17.7. The van der Waals surface area contributed by atoms with E-state index >= 15 is 0 Å². The van der Waals surface area contributed by atoms with E-state index in [1.165, 1.54) is 5.69 Å². The fourth-order valence-electron chi connectivity index (χ4n) is 3.58. The molecule has 1 heterocycles. The number of hydrogen-bond donors (Lipinski definition) is 0. The van der Waals surface area contributed by atoms with Crippen LogP contribution in [-0.2, 0) is 4.79 Å². The van der Waals surface area contributed by atoms with Crippen molar-refractivity contribution < 1.29 is 4.79 Å². The van der Waals surface area contributed by atoms with Crippen LogP contribution in [0.2, 0.25) is 0 Å². The van der Waals surface area contributed by atoms with E-state index in [4.69, 9.17) is 0 Å². The van der Waals surface area contributed by atoms with Crippen LogP contribution in [0.15, 0.2) is 91.0 Å². The number of rotatable bonds is 4. The van der Waals surface area contributed by atoms with Gasteiger partial charge in [-0.25, -0.2) is 0 Å². The number of hydrogen-bond acceptors (Lipinski definition) is 2. The predicted molar refractivity (Wildman–Crippen MR) is 116 cm³/mol. The van der Waals surface area contributed by atoms with Crippen molar-refractivity contribution in [2.24, 2.45) is 0 Å². The molecule has 0 N–H and O–H groups in total. The fraction of sp³-hybridized carbons (Fsp3) is 0.160. The molecule has 140 valence electrons. The maximum Gasteiger partial charge on any atom is 0.254 e. The summed E-state index contributed by atoms with van der Waals surface area (Å²) in [6.07, 6.45) is 2.00. The van der Waals surface area contributed by atoms with Crippen LogP contribution in [0.1, 0.15) is 11.1 Å². The smallest absolute Gasteiger partial charge is 0.254 e. The number of para-hydroxylation sites is 1. The lowest BCUT2D eigenvalue weighted by Gasteiger charge is -2.36. The SMILES string of the molecule is O=C(/C(=C/c1ccccc1)c1ccccc1)N1CCN(c2ccccc2)CC1. The normalized spacial score (nSPS) is 14.8. The Kier molecular flexibility index (Phi) is 5.53. The standard InChI is InChI=1S/C25H24N2O/c28-25(27-18-16-26(17-19-27)23-14-8-3-9-15-23)24(22-12-6-2-7-13-22)20-21-10-4-1-5-11-21/h1-15,20H,16-19H2/b24-20+. The van der Waals surface area contributed by atoms with Gasteiger partial charge in [0.05, 0.1) is 0 Å². The molecular weight excluding hydrogens is 344 g/mol. The molecule has 0 aliphatic carbocycles. The molecule has 1 saturated heterocycles. The monoisotopic (exact) mass is 368 g/mol. The van der Waals surface area contributed by atoms with Crippen molar-refractivity contribution in [2.75, 3.05) is 31.1 Å². The van der Waals surface area contributed by atoms with Crippen molar-refractivity contribution in [3.05, 3.63) is 102 Å². The van der Waals surface area contributed by atoms with E-state index in [-0.39, 0.29) is 5.91 Å². The van der Waals surface area contributed by atoms with Gasteiger partial charge in [0.15, 0.2) is 0 Å². The van der Waals surface area contributed by atoms with Crippen LogP contribution in [0.5, 0.6) is 0 Å². The van der Waals surface area contributed by atoms with Crippen molar-refractivity contribution in [1.82, 2.24) is 4.90 Å². The first kappa shape index (κ1) is 18.1. The third-order valence-electron chi connectivity index (χ3n) is 5.11. The molecular formula is C25H24N2O. The van der Waals surface area contributed by atoms with E-state index in [1.807, 2.05) is 77.7 Å². The Bertz CT molecular complexity index is 928. The number of carbonyl (C=O) groups is 1. The minimum absolute atomic E-state index is 0.0998. The zero-order valence-corrected chi connectivity index (χ0v) is 15.9. The molecule has 3 nitrogen and oxygen atoms in total. The average molecular weight is 368 g/mol. The lowest BCUT2D eigenvalue weighted by Crippen LogP contribution is -2.49. The van der Waals surface area contributed by atoms with Crippen molar-refractivity contribution in [1.29, 1.82) is 0 Å². The van der Waals surface area contributed by atoms with Gasteiger partial charge < -0.3 is 9.80 Å². The van der Waals surface area contributed by atoms with Gasteiger partial charge in [-0.05, 0) is 29.3 Å². The number of carbonyl (C=O) groups excluding carboxylic acids is 1. The minimum Gasteiger partial charge on any atom is -0.368 e. The first-order valence-corrected chi connectivity index (χ1v) is 9.73. The second-order valence-corrected chi connectivity index (χ2v) is 6.95. The van der Waals surface area contributed by atoms with Crippen molar-refractivity contribution in [2.45, 2.75) is 0 Å². The second-order valence-electron chi connectivity index (χ2n) is 6.95. The molecule has 3 aromatic carbocycles. The van der Waals surface area contributed by atoms with Gasteiger partial charge in [-0.3, -0.25) is 4.79 Å². The number of benzene rings is 3. The van der Waals surface area contributed by atoms with Crippen LogP contribution >= 0.6 is 0 Å². The first-order valence-electron chi connectivity index (χ1n) is 9.73. The van der Waals surface area contributed by atoms with Crippen molar-refractivity contribution in [3.63, 3.8) is 0 Å². The van der Waals surface area contributed by atoms with Gasteiger partial charge >= 0.3 is 0 Å². The van der Waals surface area contributed by atoms with Crippen LogP contribution in [0.3, 0.4) is 0 Å². The van der Waals surface area contributed by atoms with E-state index in [2.05, 4.69) is 29.2 Å². The summed E-state index contributed by atoms with van der Waals surface area (Å²) in [5.74, 6) is 0.0998. The van der Waals surface area contributed by atoms with Gasteiger partial charge in [0.1, 0.15) is 0 Å². The second kappa shape index (κ2) is 8.57. The van der Waals surface area contributed by atoms with E-state index in [9.17, 15) is 4.79 Å². The molecule has 0 bridgehead atoms. The fourth-order valence-corrected chi connectivity index (χ4v) is 3.58. The molecule has 1 amide bonds. The maximum atomic E-state index is 13.4. The average Bonchev–Trinajstić information content (AvgIpc) is 2.79. The summed E-state index contributed by atoms with van der Waals surface area (Å²) < 4.78 is 0. The molecule has 1 aliphatic rings. The van der Waals surface area contributed by atoms with E-state index in [1.54, 1.807) is 0 Å². The molecule has 0 aromatic heterocycles. The number of piperazine rings is 1. The van der Waals surface area contributed by atoms with Gasteiger partial charge in [-0.2, -0.15) is 0 Å².